The summed E-state index contributed by atoms with van der Waals surface area (Å²) in [5, 5.41) is 4.32. The van der Waals surface area contributed by atoms with Crippen LogP contribution >= 0.6 is 0 Å². The Hall–Kier alpha value is -1.07. The van der Waals surface area contributed by atoms with Gasteiger partial charge in [0, 0.05) is 6.54 Å². The molecular weight excluding hydrogens is 216 g/mol. The van der Waals surface area contributed by atoms with E-state index < -0.39 is 0 Å². The van der Waals surface area contributed by atoms with Gasteiger partial charge in [-0.05, 0) is 19.3 Å². The zero-order valence-electron chi connectivity index (χ0n) is 10.6. The van der Waals surface area contributed by atoms with E-state index in [0.29, 0.717) is 0 Å². The zero-order chi connectivity index (χ0) is 12.3. The summed E-state index contributed by atoms with van der Waals surface area (Å²) in [4.78, 5) is 0. The molecule has 1 atom stereocenters. The van der Waals surface area contributed by atoms with Crippen LogP contribution in [0, 0.1) is 5.92 Å². The van der Waals surface area contributed by atoms with Gasteiger partial charge in [-0.15, -0.1) is 0 Å². The van der Waals surface area contributed by atoms with Crippen molar-refractivity contribution in [1.82, 2.24) is 15.2 Å². The summed E-state index contributed by atoms with van der Waals surface area (Å²) in [6.07, 6.45) is 6.83. The maximum absolute atomic E-state index is 5.69. The smallest absolute Gasteiger partial charge is 0.161 e. The van der Waals surface area contributed by atoms with Crippen LogP contribution in [-0.4, -0.2) is 16.9 Å². The monoisotopic (exact) mass is 238 g/mol. The minimum Gasteiger partial charge on any atom is -0.493 e. The standard InChI is InChI=1S/C12H22N4O/c1-3-16-12(11(17-2)8-14-16)10(15-13)7-9-5-4-6-9/h8-10,15H,3-7,13H2,1-2H3. The Morgan fingerprint density at radius 1 is 1.65 bits per heavy atom. The van der Waals surface area contributed by atoms with Gasteiger partial charge in [0.05, 0.1) is 25.0 Å². The Kier molecular flexibility index (Phi) is 4.02. The number of aromatic nitrogens is 2. The number of nitrogens with two attached hydrogens (primary N) is 1. The van der Waals surface area contributed by atoms with Gasteiger partial charge in [-0.3, -0.25) is 16.0 Å². The zero-order valence-corrected chi connectivity index (χ0v) is 10.6. The highest BCUT2D eigenvalue weighted by Gasteiger charge is 2.26. The van der Waals surface area contributed by atoms with Crippen LogP contribution in [0.25, 0.3) is 0 Å². The maximum Gasteiger partial charge on any atom is 0.161 e. The SMILES string of the molecule is CCn1ncc(OC)c1C(CC1CCC1)NN. The molecule has 0 bridgehead atoms. The molecule has 1 aliphatic rings. The highest BCUT2D eigenvalue weighted by Crippen LogP contribution is 2.36. The number of aryl methyl sites for hydroxylation is 1. The van der Waals surface area contributed by atoms with E-state index in [2.05, 4.69) is 17.4 Å². The second kappa shape index (κ2) is 5.51. The lowest BCUT2D eigenvalue weighted by Crippen LogP contribution is -2.33. The molecule has 0 aliphatic heterocycles. The molecule has 5 heteroatoms. The lowest BCUT2D eigenvalue weighted by atomic mass is 9.80. The maximum atomic E-state index is 5.69. The van der Waals surface area contributed by atoms with E-state index >= 15 is 0 Å². The highest BCUT2D eigenvalue weighted by atomic mass is 16.5. The Morgan fingerprint density at radius 3 is 2.88 bits per heavy atom. The summed E-state index contributed by atoms with van der Waals surface area (Å²) in [7, 11) is 1.68. The molecule has 0 saturated heterocycles. The summed E-state index contributed by atoms with van der Waals surface area (Å²) in [5.74, 6) is 7.31. The molecule has 0 spiro atoms. The largest absolute Gasteiger partial charge is 0.493 e. The Labute approximate surface area is 102 Å². The minimum absolute atomic E-state index is 0.137. The fourth-order valence-electron chi connectivity index (χ4n) is 2.46. The van der Waals surface area contributed by atoms with E-state index in [1.54, 1.807) is 13.3 Å². The third-order valence-electron chi connectivity index (χ3n) is 3.69. The van der Waals surface area contributed by atoms with Crippen LogP contribution in [0.15, 0.2) is 6.20 Å². The molecule has 0 radical (unpaired) electrons. The molecule has 1 fully saturated rings. The normalized spacial score (nSPS) is 17.8. The fourth-order valence-corrected chi connectivity index (χ4v) is 2.46. The van der Waals surface area contributed by atoms with Gasteiger partial charge in [-0.25, -0.2) is 0 Å². The molecule has 5 nitrogen and oxygen atoms in total. The van der Waals surface area contributed by atoms with Crippen molar-refractivity contribution in [2.24, 2.45) is 11.8 Å². The van der Waals surface area contributed by atoms with E-state index in [9.17, 15) is 0 Å². The Bertz CT molecular complexity index is 338. The van der Waals surface area contributed by atoms with Crippen molar-refractivity contribution in [3.63, 3.8) is 0 Å². The number of hydrogen-bond donors (Lipinski definition) is 2. The summed E-state index contributed by atoms with van der Waals surface area (Å²) in [6.45, 7) is 2.91. The Morgan fingerprint density at radius 2 is 2.41 bits per heavy atom. The summed E-state index contributed by atoms with van der Waals surface area (Å²) in [5.41, 5.74) is 3.99. The molecule has 17 heavy (non-hydrogen) atoms. The van der Waals surface area contributed by atoms with Crippen LogP contribution in [0.3, 0.4) is 0 Å². The number of nitrogens with one attached hydrogen (secondary N) is 1. The van der Waals surface area contributed by atoms with Crippen molar-refractivity contribution in [3.05, 3.63) is 11.9 Å². The van der Waals surface area contributed by atoms with Crippen molar-refractivity contribution >= 4 is 0 Å². The Balaban J connectivity index is 2.17. The van der Waals surface area contributed by atoms with E-state index in [1.807, 2.05) is 4.68 Å². The first-order valence-electron chi connectivity index (χ1n) is 6.36. The van der Waals surface area contributed by atoms with Crippen molar-refractivity contribution in [1.29, 1.82) is 0 Å². The molecule has 3 N–H and O–H groups in total. The summed E-state index contributed by atoms with van der Waals surface area (Å²) >= 11 is 0. The number of ether oxygens (including phenoxy) is 1. The van der Waals surface area contributed by atoms with Gasteiger partial charge in [-0.1, -0.05) is 19.3 Å². The topological polar surface area (TPSA) is 65.1 Å². The first-order chi connectivity index (χ1) is 8.30. The van der Waals surface area contributed by atoms with E-state index in [0.717, 1.165) is 30.3 Å². The quantitative estimate of drug-likeness (QED) is 0.583. The highest BCUT2D eigenvalue weighted by molar-refractivity contribution is 5.28. The first-order valence-corrected chi connectivity index (χ1v) is 6.36. The van der Waals surface area contributed by atoms with Crippen molar-refractivity contribution in [2.45, 2.75) is 45.2 Å². The molecule has 1 aromatic rings. The van der Waals surface area contributed by atoms with Crippen LogP contribution in [0.4, 0.5) is 0 Å². The van der Waals surface area contributed by atoms with Gasteiger partial charge in [0.15, 0.2) is 5.75 Å². The molecule has 1 unspecified atom stereocenters. The van der Waals surface area contributed by atoms with Gasteiger partial charge in [0.1, 0.15) is 0 Å². The fraction of sp³-hybridized carbons (Fsp3) is 0.750. The van der Waals surface area contributed by atoms with E-state index in [4.69, 9.17) is 10.6 Å². The summed E-state index contributed by atoms with van der Waals surface area (Å²) < 4.78 is 7.33. The molecule has 2 rings (SSSR count). The van der Waals surface area contributed by atoms with Crippen LogP contribution in [0.1, 0.15) is 44.3 Å². The van der Waals surface area contributed by atoms with Gasteiger partial charge < -0.3 is 4.74 Å². The van der Waals surface area contributed by atoms with Crippen LogP contribution < -0.4 is 16.0 Å². The third kappa shape index (κ3) is 2.45. The van der Waals surface area contributed by atoms with E-state index in [1.165, 1.54) is 19.3 Å². The number of rotatable bonds is 6. The molecule has 1 aromatic heterocycles. The second-order valence-corrected chi connectivity index (χ2v) is 4.67. The van der Waals surface area contributed by atoms with Gasteiger partial charge in [0.2, 0.25) is 0 Å². The predicted molar refractivity (Wildman–Crippen MR) is 66.5 cm³/mol. The second-order valence-electron chi connectivity index (χ2n) is 4.67. The average Bonchev–Trinajstić information content (AvgIpc) is 2.71. The van der Waals surface area contributed by atoms with Crippen LogP contribution in [0.5, 0.6) is 5.75 Å². The molecule has 1 heterocycles. The van der Waals surface area contributed by atoms with Crippen LogP contribution in [0.2, 0.25) is 0 Å². The third-order valence-corrected chi connectivity index (χ3v) is 3.69. The lowest BCUT2D eigenvalue weighted by molar-refractivity contribution is 0.253. The molecule has 0 aromatic carbocycles. The number of methoxy groups -OCH3 is 1. The van der Waals surface area contributed by atoms with Crippen molar-refractivity contribution < 1.29 is 4.74 Å². The molecule has 1 saturated carbocycles. The first kappa shape index (κ1) is 12.4. The molecule has 1 aliphatic carbocycles. The predicted octanol–water partition coefficient (Wildman–Crippen LogP) is 1.61. The molecular formula is C12H22N4O. The molecule has 96 valence electrons. The van der Waals surface area contributed by atoms with Crippen molar-refractivity contribution in [3.8, 4) is 5.75 Å². The number of hydrogen-bond acceptors (Lipinski definition) is 4. The van der Waals surface area contributed by atoms with Crippen LogP contribution in [-0.2, 0) is 6.54 Å². The van der Waals surface area contributed by atoms with Gasteiger partial charge in [0.25, 0.3) is 0 Å². The number of hydrazine groups is 1. The van der Waals surface area contributed by atoms with Crippen molar-refractivity contribution in [2.75, 3.05) is 7.11 Å². The minimum atomic E-state index is 0.137. The van der Waals surface area contributed by atoms with Gasteiger partial charge >= 0.3 is 0 Å². The number of nitrogens with zero attached hydrogens (tertiary/aromatic N) is 2. The van der Waals surface area contributed by atoms with Gasteiger partial charge in [-0.2, -0.15) is 5.10 Å². The average molecular weight is 238 g/mol. The van der Waals surface area contributed by atoms with E-state index in [-0.39, 0.29) is 6.04 Å². The lowest BCUT2D eigenvalue weighted by Gasteiger charge is -2.29. The molecule has 0 amide bonds. The summed E-state index contributed by atoms with van der Waals surface area (Å²) in [6, 6.07) is 0.137.